The first kappa shape index (κ1) is 20.0. The number of carbonyl (C=O) groups excluding carboxylic acids is 1. The van der Waals surface area contributed by atoms with Crippen molar-refractivity contribution >= 4 is 22.0 Å². The summed E-state index contributed by atoms with van der Waals surface area (Å²) in [6, 6.07) is 6.04. The fourth-order valence-corrected chi connectivity index (χ4v) is 3.01. The average Bonchev–Trinajstić information content (AvgIpc) is 2.44. The van der Waals surface area contributed by atoms with Crippen LogP contribution in [0.4, 0.5) is 4.79 Å². The maximum absolute atomic E-state index is 11.6. The largest absolute Gasteiger partial charge is 0.492 e. The van der Waals surface area contributed by atoms with Crippen LogP contribution < -0.4 is 10.1 Å². The molecule has 6 nitrogen and oxygen atoms in total. The van der Waals surface area contributed by atoms with Crippen molar-refractivity contribution < 1.29 is 19.0 Å². The molecule has 1 aliphatic rings. The minimum absolute atomic E-state index is 0.349. The summed E-state index contributed by atoms with van der Waals surface area (Å²) in [4.78, 5) is 13.9. The number of hydrogen-bond donors (Lipinski definition) is 1. The molecule has 1 N–H and O–H groups in total. The van der Waals surface area contributed by atoms with Crippen LogP contribution in [0.5, 0.6) is 5.75 Å². The Morgan fingerprint density at radius 3 is 2.68 bits per heavy atom. The van der Waals surface area contributed by atoms with Gasteiger partial charge in [-0.3, -0.25) is 4.90 Å². The van der Waals surface area contributed by atoms with Crippen LogP contribution in [0, 0.1) is 0 Å². The van der Waals surface area contributed by atoms with Gasteiger partial charge in [-0.1, -0.05) is 15.9 Å². The fourth-order valence-electron chi connectivity index (χ4n) is 2.49. The molecule has 0 bridgehead atoms. The monoisotopic (exact) mass is 414 g/mol. The van der Waals surface area contributed by atoms with Crippen molar-refractivity contribution in [3.05, 3.63) is 28.2 Å². The molecule has 7 heteroatoms. The molecule has 1 fully saturated rings. The number of carbonyl (C=O) groups is 1. The molecule has 0 atom stereocenters. The van der Waals surface area contributed by atoms with E-state index >= 15 is 0 Å². The van der Waals surface area contributed by atoms with Gasteiger partial charge in [-0.25, -0.2) is 4.79 Å². The smallest absolute Gasteiger partial charge is 0.407 e. The lowest BCUT2D eigenvalue weighted by atomic mass is 10.1. The molecule has 1 amide bonds. The van der Waals surface area contributed by atoms with E-state index in [1.54, 1.807) is 7.11 Å². The van der Waals surface area contributed by atoms with Crippen molar-refractivity contribution in [3.63, 3.8) is 0 Å². The first-order valence-electron chi connectivity index (χ1n) is 8.39. The van der Waals surface area contributed by atoms with Crippen molar-refractivity contribution in [1.29, 1.82) is 0 Å². The number of likely N-dealkylation sites (tertiary alicyclic amines) is 1. The Morgan fingerprint density at radius 2 is 2.04 bits per heavy atom. The molecule has 1 aromatic carbocycles. The van der Waals surface area contributed by atoms with Crippen LogP contribution >= 0.6 is 15.9 Å². The molecule has 0 unspecified atom stereocenters. The number of methoxy groups -OCH3 is 1. The third-order valence-corrected chi connectivity index (χ3v) is 4.09. The Labute approximate surface area is 157 Å². The standard InChI is InChI=1S/C18H27BrN2O4/c1-18(2,3)25-17(22)20-5-6-24-15-8-13(7-14(19)9-15)10-21-11-16(12-21)23-4/h7-9,16H,5-6,10-12H2,1-4H3,(H,20,22). The Balaban J connectivity index is 1.75. The third-order valence-electron chi connectivity index (χ3n) is 3.63. The van der Waals surface area contributed by atoms with Crippen LogP contribution in [-0.4, -0.2) is 56.0 Å². The van der Waals surface area contributed by atoms with E-state index in [9.17, 15) is 4.79 Å². The SMILES string of the molecule is COC1CN(Cc2cc(Br)cc(OCCNC(=O)OC(C)(C)C)c2)C1. The van der Waals surface area contributed by atoms with Gasteiger partial charge < -0.3 is 19.5 Å². The molecule has 2 rings (SSSR count). The molecule has 0 aromatic heterocycles. The molecule has 140 valence electrons. The van der Waals surface area contributed by atoms with E-state index in [-0.39, 0.29) is 0 Å². The lowest BCUT2D eigenvalue weighted by molar-refractivity contribution is -0.0334. The van der Waals surface area contributed by atoms with E-state index in [0.717, 1.165) is 29.9 Å². The summed E-state index contributed by atoms with van der Waals surface area (Å²) in [5.41, 5.74) is 0.682. The summed E-state index contributed by atoms with van der Waals surface area (Å²) in [7, 11) is 1.75. The molecular weight excluding hydrogens is 388 g/mol. The topological polar surface area (TPSA) is 60.0 Å². The molecule has 0 spiro atoms. The van der Waals surface area contributed by atoms with Gasteiger partial charge in [-0.15, -0.1) is 0 Å². The van der Waals surface area contributed by atoms with Gasteiger partial charge in [0, 0.05) is 31.2 Å². The van der Waals surface area contributed by atoms with E-state index in [0.29, 0.717) is 19.3 Å². The Hall–Kier alpha value is -1.31. The second kappa shape index (κ2) is 8.87. The molecule has 0 aliphatic carbocycles. The van der Waals surface area contributed by atoms with Crippen molar-refractivity contribution in [3.8, 4) is 5.75 Å². The van der Waals surface area contributed by atoms with Gasteiger partial charge in [0.1, 0.15) is 18.0 Å². The summed E-state index contributed by atoms with van der Waals surface area (Å²) in [5, 5.41) is 2.68. The Bertz CT molecular complexity index is 583. The summed E-state index contributed by atoms with van der Waals surface area (Å²) >= 11 is 3.52. The first-order valence-corrected chi connectivity index (χ1v) is 9.19. The van der Waals surface area contributed by atoms with Gasteiger partial charge in [-0.05, 0) is 44.5 Å². The lowest BCUT2D eigenvalue weighted by Crippen LogP contribution is -2.50. The number of benzene rings is 1. The zero-order valence-electron chi connectivity index (χ0n) is 15.3. The van der Waals surface area contributed by atoms with E-state index < -0.39 is 11.7 Å². The number of ether oxygens (including phenoxy) is 3. The van der Waals surface area contributed by atoms with Crippen LogP contribution in [0.25, 0.3) is 0 Å². The summed E-state index contributed by atoms with van der Waals surface area (Å²) in [6.07, 6.45) is -0.0849. The highest BCUT2D eigenvalue weighted by Gasteiger charge is 2.26. The fraction of sp³-hybridized carbons (Fsp3) is 0.611. The van der Waals surface area contributed by atoms with Crippen LogP contribution in [0.1, 0.15) is 26.3 Å². The van der Waals surface area contributed by atoms with Gasteiger partial charge in [0.2, 0.25) is 0 Å². The number of halogens is 1. The highest BCUT2D eigenvalue weighted by atomic mass is 79.9. The second-order valence-corrected chi connectivity index (χ2v) is 8.04. The molecular formula is C18H27BrN2O4. The molecule has 1 heterocycles. The van der Waals surface area contributed by atoms with Crippen LogP contribution in [0.2, 0.25) is 0 Å². The molecule has 25 heavy (non-hydrogen) atoms. The van der Waals surface area contributed by atoms with Crippen molar-refractivity contribution in [2.24, 2.45) is 0 Å². The number of nitrogens with zero attached hydrogens (tertiary/aromatic N) is 1. The number of amides is 1. The summed E-state index contributed by atoms with van der Waals surface area (Å²) in [6.45, 7) is 9.05. The zero-order valence-corrected chi connectivity index (χ0v) is 16.9. The highest BCUT2D eigenvalue weighted by molar-refractivity contribution is 9.10. The number of nitrogens with one attached hydrogen (secondary N) is 1. The van der Waals surface area contributed by atoms with Gasteiger partial charge in [0.15, 0.2) is 0 Å². The predicted octanol–water partition coefficient (Wildman–Crippen LogP) is 3.18. The minimum Gasteiger partial charge on any atom is -0.492 e. The maximum Gasteiger partial charge on any atom is 0.407 e. The molecule has 1 aromatic rings. The van der Waals surface area contributed by atoms with E-state index in [4.69, 9.17) is 14.2 Å². The predicted molar refractivity (Wildman–Crippen MR) is 99.9 cm³/mol. The first-order chi connectivity index (χ1) is 11.7. The van der Waals surface area contributed by atoms with Gasteiger partial charge in [0.05, 0.1) is 12.6 Å². The molecule has 0 radical (unpaired) electrons. The minimum atomic E-state index is -0.497. The van der Waals surface area contributed by atoms with Crippen LogP contribution in [0.15, 0.2) is 22.7 Å². The van der Waals surface area contributed by atoms with Crippen LogP contribution in [-0.2, 0) is 16.0 Å². The van der Waals surface area contributed by atoms with E-state index in [1.807, 2.05) is 32.9 Å². The van der Waals surface area contributed by atoms with Crippen molar-refractivity contribution in [2.75, 3.05) is 33.4 Å². The maximum atomic E-state index is 11.6. The number of rotatable bonds is 7. The summed E-state index contributed by atoms with van der Waals surface area (Å²) in [5.74, 6) is 0.777. The van der Waals surface area contributed by atoms with Crippen LogP contribution in [0.3, 0.4) is 0 Å². The molecule has 0 saturated carbocycles. The molecule has 1 aliphatic heterocycles. The van der Waals surface area contributed by atoms with Crippen molar-refractivity contribution in [2.45, 2.75) is 39.0 Å². The molecule has 1 saturated heterocycles. The van der Waals surface area contributed by atoms with E-state index in [2.05, 4.69) is 32.2 Å². The highest BCUT2D eigenvalue weighted by Crippen LogP contribution is 2.24. The summed E-state index contributed by atoms with van der Waals surface area (Å²) < 4.78 is 17.2. The quantitative estimate of drug-likeness (QED) is 0.694. The van der Waals surface area contributed by atoms with Crippen molar-refractivity contribution in [1.82, 2.24) is 10.2 Å². The third kappa shape index (κ3) is 7.22. The lowest BCUT2D eigenvalue weighted by Gasteiger charge is -2.38. The average molecular weight is 415 g/mol. The number of alkyl carbamates (subject to hydrolysis) is 1. The zero-order chi connectivity index (χ0) is 18.4. The van der Waals surface area contributed by atoms with E-state index in [1.165, 1.54) is 5.56 Å². The number of hydrogen-bond acceptors (Lipinski definition) is 5. The van der Waals surface area contributed by atoms with Gasteiger partial charge >= 0.3 is 6.09 Å². The second-order valence-electron chi connectivity index (χ2n) is 7.12. The van der Waals surface area contributed by atoms with Gasteiger partial charge in [-0.2, -0.15) is 0 Å². The Morgan fingerprint density at radius 1 is 1.32 bits per heavy atom. The van der Waals surface area contributed by atoms with Gasteiger partial charge in [0.25, 0.3) is 0 Å². The normalized spacial score (nSPS) is 15.6. The Kier molecular flexibility index (Phi) is 7.10.